The van der Waals surface area contributed by atoms with Gasteiger partial charge in [-0.05, 0) is 58.7 Å². The van der Waals surface area contributed by atoms with E-state index in [1.165, 1.54) is 19.3 Å². The number of amidine groups is 1. The molecule has 0 unspecified atom stereocenters. The Bertz CT molecular complexity index is 1250. The molecule has 3 N–H and O–H groups in total. The van der Waals surface area contributed by atoms with E-state index in [-0.39, 0.29) is 0 Å². The number of rotatable bonds is 5. The van der Waals surface area contributed by atoms with Crippen LogP contribution in [0.3, 0.4) is 0 Å². The Balaban J connectivity index is 1.58. The monoisotopic (exact) mass is 493 g/mol. The Morgan fingerprint density at radius 3 is 2.51 bits per heavy atom. The number of anilines is 1. The lowest BCUT2D eigenvalue weighted by atomic mass is 9.81. The van der Waals surface area contributed by atoms with E-state index in [0.29, 0.717) is 22.6 Å². The molecule has 2 aliphatic rings. The van der Waals surface area contributed by atoms with Crippen molar-refractivity contribution in [3.63, 3.8) is 0 Å². The van der Waals surface area contributed by atoms with Crippen LogP contribution in [0, 0.1) is 0 Å². The van der Waals surface area contributed by atoms with Gasteiger partial charge in [-0.2, -0.15) is 5.10 Å². The van der Waals surface area contributed by atoms with Gasteiger partial charge in [0.15, 0.2) is 0 Å². The molecule has 0 amide bonds. The molecule has 2 fully saturated rings. The van der Waals surface area contributed by atoms with Crippen molar-refractivity contribution in [3.8, 4) is 0 Å². The molecule has 35 heavy (non-hydrogen) atoms. The number of aromatic nitrogens is 2. The van der Waals surface area contributed by atoms with Crippen LogP contribution in [0.15, 0.2) is 47.7 Å². The molecule has 3 heterocycles. The summed E-state index contributed by atoms with van der Waals surface area (Å²) in [5.41, 5.74) is 9.84. The average Bonchev–Trinajstić information content (AvgIpc) is 3.34. The van der Waals surface area contributed by atoms with Crippen molar-refractivity contribution >= 4 is 46.9 Å². The van der Waals surface area contributed by atoms with Gasteiger partial charge < -0.3 is 20.4 Å². The Hall–Kier alpha value is -2.55. The number of para-hydroxylation sites is 1. The van der Waals surface area contributed by atoms with Crippen LogP contribution in [0.2, 0.25) is 5.02 Å². The Morgan fingerprint density at radius 1 is 1.14 bits per heavy atom. The predicted octanol–water partition coefficient (Wildman–Crippen LogP) is 5.07. The summed E-state index contributed by atoms with van der Waals surface area (Å²) in [6.45, 7) is 8.23. The zero-order valence-electron chi connectivity index (χ0n) is 20.8. The molecule has 1 saturated heterocycles. The Kier molecular flexibility index (Phi) is 6.32. The number of nitrogens with two attached hydrogens (primary N) is 1. The van der Waals surface area contributed by atoms with Crippen molar-refractivity contribution < 1.29 is 9.31 Å². The standard InChI is InChI=1S/C26H33BClN5O2/c1-25(2)26(3,4)35-27(34-25)17-14-22-23(31-18-10-6-5-7-11-18)19(15-30-33(22)16-17)24(29)32-21-13-9-8-12-20(21)28/h8-9,12-16,18,31H,5-7,10-11H2,1-4H3,(H2,29,32). The van der Waals surface area contributed by atoms with E-state index in [9.17, 15) is 0 Å². The predicted molar refractivity (Wildman–Crippen MR) is 143 cm³/mol. The minimum absolute atomic E-state index is 0.366. The summed E-state index contributed by atoms with van der Waals surface area (Å²) < 4.78 is 14.4. The van der Waals surface area contributed by atoms with Gasteiger partial charge in [0.05, 0.1) is 44.9 Å². The van der Waals surface area contributed by atoms with Crippen molar-refractivity contribution in [3.05, 3.63) is 53.3 Å². The summed E-state index contributed by atoms with van der Waals surface area (Å²) in [6.07, 6.45) is 9.71. The highest BCUT2D eigenvalue weighted by molar-refractivity contribution is 6.62. The van der Waals surface area contributed by atoms with Gasteiger partial charge in [0.2, 0.25) is 0 Å². The van der Waals surface area contributed by atoms with Crippen molar-refractivity contribution in [2.75, 3.05) is 5.32 Å². The Labute approximate surface area is 212 Å². The van der Waals surface area contributed by atoms with Gasteiger partial charge in [0, 0.05) is 17.7 Å². The zero-order chi connectivity index (χ0) is 24.8. The maximum Gasteiger partial charge on any atom is 0.496 e. The number of aliphatic imine (C=N–C) groups is 1. The fraction of sp³-hybridized carbons (Fsp3) is 0.462. The number of hydrogen-bond acceptors (Lipinski definition) is 5. The second-order valence-electron chi connectivity index (χ2n) is 10.6. The van der Waals surface area contributed by atoms with Gasteiger partial charge >= 0.3 is 7.12 Å². The van der Waals surface area contributed by atoms with Gasteiger partial charge in [-0.3, -0.25) is 0 Å². The third kappa shape index (κ3) is 4.67. The lowest BCUT2D eigenvalue weighted by Gasteiger charge is -2.32. The molecule has 5 rings (SSSR count). The molecule has 1 aliphatic carbocycles. The van der Waals surface area contributed by atoms with Crippen molar-refractivity contribution in [1.82, 2.24) is 9.61 Å². The van der Waals surface area contributed by atoms with Crippen molar-refractivity contribution in [1.29, 1.82) is 0 Å². The van der Waals surface area contributed by atoms with E-state index < -0.39 is 18.3 Å². The van der Waals surface area contributed by atoms with Gasteiger partial charge in [0.1, 0.15) is 5.84 Å². The van der Waals surface area contributed by atoms with E-state index >= 15 is 0 Å². The van der Waals surface area contributed by atoms with Gasteiger partial charge in [0.25, 0.3) is 0 Å². The summed E-state index contributed by atoms with van der Waals surface area (Å²) in [7, 11) is -0.471. The topological polar surface area (TPSA) is 86.2 Å². The van der Waals surface area contributed by atoms with Crippen LogP contribution in [-0.2, 0) is 9.31 Å². The highest BCUT2D eigenvalue weighted by Gasteiger charge is 2.52. The second-order valence-corrected chi connectivity index (χ2v) is 11.0. The highest BCUT2D eigenvalue weighted by atomic mass is 35.5. The first-order valence-corrected chi connectivity index (χ1v) is 12.7. The number of benzene rings is 1. The van der Waals surface area contributed by atoms with E-state index in [2.05, 4.69) is 49.2 Å². The summed E-state index contributed by atoms with van der Waals surface area (Å²) in [6, 6.07) is 9.87. The zero-order valence-corrected chi connectivity index (χ0v) is 21.6. The van der Waals surface area contributed by atoms with Crippen LogP contribution in [-0.4, -0.2) is 39.8 Å². The lowest BCUT2D eigenvalue weighted by Crippen LogP contribution is -2.41. The van der Waals surface area contributed by atoms with E-state index in [4.69, 9.17) is 26.6 Å². The minimum atomic E-state index is -0.471. The first-order valence-electron chi connectivity index (χ1n) is 12.4. The molecule has 0 atom stereocenters. The molecular formula is C26H33BClN5O2. The fourth-order valence-corrected chi connectivity index (χ4v) is 4.89. The third-order valence-corrected chi connectivity index (χ3v) is 7.83. The number of nitrogens with zero attached hydrogens (tertiary/aromatic N) is 3. The van der Waals surface area contributed by atoms with Crippen LogP contribution in [0.5, 0.6) is 0 Å². The van der Waals surface area contributed by atoms with E-state index in [1.807, 2.05) is 28.9 Å². The first kappa shape index (κ1) is 24.2. The molecule has 1 aromatic carbocycles. The van der Waals surface area contributed by atoms with Crippen molar-refractivity contribution in [2.45, 2.75) is 77.0 Å². The molecule has 0 radical (unpaired) electrons. The molecule has 1 saturated carbocycles. The highest BCUT2D eigenvalue weighted by Crippen LogP contribution is 2.37. The second kappa shape index (κ2) is 9.15. The normalized spacial score (nSPS) is 20.5. The smallest absolute Gasteiger partial charge is 0.399 e. The minimum Gasteiger partial charge on any atom is -0.399 e. The van der Waals surface area contributed by atoms with Gasteiger partial charge in [-0.25, -0.2) is 9.51 Å². The maximum absolute atomic E-state index is 6.55. The Morgan fingerprint density at radius 2 is 1.83 bits per heavy atom. The number of halogens is 1. The van der Waals surface area contributed by atoms with Gasteiger partial charge in [-0.1, -0.05) is 43.0 Å². The lowest BCUT2D eigenvalue weighted by molar-refractivity contribution is 0.00578. The molecule has 1 aliphatic heterocycles. The molecule has 3 aromatic rings. The average molecular weight is 494 g/mol. The van der Waals surface area contributed by atoms with Gasteiger partial charge in [-0.15, -0.1) is 0 Å². The quantitative estimate of drug-likeness (QED) is 0.294. The molecule has 2 aromatic heterocycles. The largest absolute Gasteiger partial charge is 0.496 e. The fourth-order valence-electron chi connectivity index (χ4n) is 4.71. The van der Waals surface area contributed by atoms with E-state index in [0.717, 1.165) is 35.1 Å². The van der Waals surface area contributed by atoms with Crippen LogP contribution >= 0.6 is 11.6 Å². The molecule has 7 nitrogen and oxygen atoms in total. The molecule has 0 spiro atoms. The number of nitrogens with one attached hydrogen (secondary N) is 1. The summed E-state index contributed by atoms with van der Waals surface area (Å²) in [4.78, 5) is 4.64. The van der Waals surface area contributed by atoms with Crippen LogP contribution in [0.25, 0.3) is 5.52 Å². The van der Waals surface area contributed by atoms with Crippen molar-refractivity contribution in [2.24, 2.45) is 10.7 Å². The summed E-state index contributed by atoms with van der Waals surface area (Å²) in [5, 5.41) is 8.98. The van der Waals surface area contributed by atoms with Crippen LogP contribution in [0.1, 0.15) is 65.4 Å². The molecule has 0 bridgehead atoms. The third-order valence-electron chi connectivity index (χ3n) is 7.51. The van der Waals surface area contributed by atoms with Crippen LogP contribution in [0.4, 0.5) is 11.4 Å². The molecule has 184 valence electrons. The summed E-state index contributed by atoms with van der Waals surface area (Å²) in [5.74, 6) is 0.366. The van der Waals surface area contributed by atoms with E-state index in [1.54, 1.807) is 12.3 Å². The summed E-state index contributed by atoms with van der Waals surface area (Å²) >= 11 is 6.34. The first-order chi connectivity index (χ1) is 16.6. The molecular weight excluding hydrogens is 461 g/mol. The number of hydrogen-bond donors (Lipinski definition) is 2. The SMILES string of the molecule is CC1(C)OB(c2cc3c(NC4CCCCC4)c(C(N)=Nc4ccccc4Cl)cnn3c2)OC1(C)C. The van der Waals surface area contributed by atoms with Crippen LogP contribution < -0.4 is 16.5 Å². The number of fused-ring (bicyclic) bond motifs is 1. The maximum atomic E-state index is 6.55. The molecule has 9 heteroatoms.